The molecule has 2 rings (SSSR count). The van der Waals surface area contributed by atoms with Crippen LogP contribution < -0.4 is 4.74 Å². The summed E-state index contributed by atoms with van der Waals surface area (Å²) in [4.78, 5) is 20.7. The van der Waals surface area contributed by atoms with Gasteiger partial charge in [-0.25, -0.2) is 0 Å². The average molecular weight is 377 g/mol. The number of methoxy groups -OCH3 is 1. The van der Waals surface area contributed by atoms with Gasteiger partial charge in [-0.2, -0.15) is 0 Å². The molecule has 1 aromatic carbocycles. The van der Waals surface area contributed by atoms with Crippen molar-refractivity contribution in [3.63, 3.8) is 0 Å². The van der Waals surface area contributed by atoms with Crippen LogP contribution in [0.4, 0.5) is 0 Å². The van der Waals surface area contributed by atoms with Gasteiger partial charge >= 0.3 is 138 Å². The van der Waals surface area contributed by atoms with Crippen molar-refractivity contribution in [2.45, 2.75) is 6.92 Å². The Bertz CT molecular complexity index is 761. The Labute approximate surface area is 138 Å². The molecule has 0 unspecified atom stereocenters. The van der Waals surface area contributed by atoms with Crippen LogP contribution in [0.2, 0.25) is 0 Å². The van der Waals surface area contributed by atoms with Gasteiger partial charge in [-0.3, -0.25) is 0 Å². The van der Waals surface area contributed by atoms with E-state index in [9.17, 15) is 4.79 Å². The molecule has 0 spiro atoms. The molecule has 1 aromatic heterocycles. The standard InChI is InChI=1S/C15H14N4O3Se/c1-3-22-15(20)13(18-19-16)8-11-9-23-14(17-11)10-4-6-12(21-2)7-5-10/h4-9H,3H2,1-2H3/b13-8+. The van der Waals surface area contributed by atoms with Gasteiger partial charge in [0, 0.05) is 0 Å². The number of azide groups is 1. The summed E-state index contributed by atoms with van der Waals surface area (Å²) in [5, 5.41) is 3.37. The minimum atomic E-state index is -0.660. The molecule has 0 aliphatic heterocycles. The normalized spacial score (nSPS) is 10.8. The fraction of sp³-hybridized carbons (Fsp3) is 0.200. The van der Waals surface area contributed by atoms with Gasteiger partial charge in [-0.1, -0.05) is 0 Å². The molecule has 0 aliphatic rings. The summed E-state index contributed by atoms with van der Waals surface area (Å²) in [6.07, 6.45) is 1.44. The molecular formula is C15H14N4O3Se. The van der Waals surface area contributed by atoms with E-state index in [2.05, 4.69) is 15.0 Å². The molecule has 7 nitrogen and oxygen atoms in total. The maximum atomic E-state index is 11.7. The Morgan fingerprint density at radius 3 is 2.78 bits per heavy atom. The third kappa shape index (κ3) is 4.47. The van der Waals surface area contributed by atoms with E-state index in [1.54, 1.807) is 14.0 Å². The molecule has 0 saturated heterocycles. The van der Waals surface area contributed by atoms with Gasteiger partial charge < -0.3 is 0 Å². The number of carbonyl (C=O) groups is 1. The van der Waals surface area contributed by atoms with Gasteiger partial charge in [0.05, 0.1) is 0 Å². The first kappa shape index (κ1) is 16.8. The molecule has 1 heterocycles. The predicted octanol–water partition coefficient (Wildman–Crippen LogP) is 3.03. The third-order valence-electron chi connectivity index (χ3n) is 2.78. The first-order valence-corrected chi connectivity index (χ1v) is 8.56. The van der Waals surface area contributed by atoms with Gasteiger partial charge in [0.15, 0.2) is 0 Å². The molecule has 0 fully saturated rings. The second-order valence-electron chi connectivity index (χ2n) is 4.25. The Morgan fingerprint density at radius 1 is 1.43 bits per heavy atom. The van der Waals surface area contributed by atoms with Crippen LogP contribution in [-0.2, 0) is 9.53 Å². The van der Waals surface area contributed by atoms with E-state index in [1.807, 2.05) is 29.2 Å². The molecule has 118 valence electrons. The SMILES string of the molecule is CCOC(=O)/C(=C\c1c[se]c(-c2ccc(OC)cc2)n1)N=[N+]=[N-]. The van der Waals surface area contributed by atoms with Crippen molar-refractivity contribution in [2.24, 2.45) is 5.11 Å². The summed E-state index contributed by atoms with van der Waals surface area (Å²) in [5.74, 6) is 0.118. The van der Waals surface area contributed by atoms with Gasteiger partial charge in [0.1, 0.15) is 0 Å². The Hall–Kier alpha value is -2.53. The zero-order valence-corrected chi connectivity index (χ0v) is 14.3. The van der Waals surface area contributed by atoms with Gasteiger partial charge in [-0.15, -0.1) is 0 Å². The van der Waals surface area contributed by atoms with Crippen LogP contribution in [0.25, 0.3) is 26.7 Å². The van der Waals surface area contributed by atoms with Gasteiger partial charge in [0.2, 0.25) is 0 Å². The summed E-state index contributed by atoms with van der Waals surface area (Å²) >= 11 is 0.0382. The average Bonchev–Trinajstić information content (AvgIpc) is 3.03. The van der Waals surface area contributed by atoms with Crippen LogP contribution in [0.15, 0.2) is 40.0 Å². The van der Waals surface area contributed by atoms with Crippen LogP contribution in [0.3, 0.4) is 0 Å². The van der Waals surface area contributed by atoms with Crippen LogP contribution in [-0.4, -0.2) is 39.2 Å². The van der Waals surface area contributed by atoms with E-state index >= 15 is 0 Å². The molecular weight excluding hydrogens is 363 g/mol. The molecule has 0 atom stereocenters. The number of rotatable bonds is 6. The third-order valence-corrected chi connectivity index (χ3v) is 4.69. The van der Waals surface area contributed by atoms with Crippen LogP contribution in [0.1, 0.15) is 12.6 Å². The molecule has 0 radical (unpaired) electrons. The van der Waals surface area contributed by atoms with E-state index in [0.29, 0.717) is 5.69 Å². The summed E-state index contributed by atoms with van der Waals surface area (Å²) in [6, 6.07) is 7.59. The maximum absolute atomic E-state index is 11.7. The fourth-order valence-electron chi connectivity index (χ4n) is 1.74. The quantitative estimate of drug-likeness (QED) is 0.193. The molecule has 0 aliphatic carbocycles. The number of carbonyl (C=O) groups excluding carboxylic acids is 1. The molecule has 23 heavy (non-hydrogen) atoms. The van der Waals surface area contributed by atoms with E-state index < -0.39 is 5.97 Å². The number of esters is 1. The molecule has 0 amide bonds. The number of hydrogen-bond donors (Lipinski definition) is 0. The molecule has 0 N–H and O–H groups in total. The van der Waals surface area contributed by atoms with Crippen molar-refractivity contribution in [1.82, 2.24) is 4.98 Å². The number of nitrogens with zero attached hydrogens (tertiary/aromatic N) is 4. The molecule has 0 saturated carbocycles. The van der Waals surface area contributed by atoms with Crippen molar-refractivity contribution in [3.8, 4) is 15.9 Å². The van der Waals surface area contributed by atoms with E-state index in [0.717, 1.165) is 15.9 Å². The molecule has 0 bridgehead atoms. The predicted molar refractivity (Wildman–Crippen MR) is 86.9 cm³/mol. The van der Waals surface area contributed by atoms with Crippen molar-refractivity contribution in [2.75, 3.05) is 13.7 Å². The molecule has 8 heteroatoms. The Kier molecular flexibility index (Phi) is 6.00. The van der Waals surface area contributed by atoms with Gasteiger partial charge in [0.25, 0.3) is 0 Å². The first-order valence-electron chi connectivity index (χ1n) is 6.71. The Morgan fingerprint density at radius 2 is 2.17 bits per heavy atom. The van der Waals surface area contributed by atoms with E-state index in [-0.39, 0.29) is 26.8 Å². The topological polar surface area (TPSA) is 97.2 Å². The van der Waals surface area contributed by atoms with E-state index in [4.69, 9.17) is 15.0 Å². The summed E-state index contributed by atoms with van der Waals surface area (Å²) in [5.41, 5.74) is 10.0. The number of hydrogen-bond acceptors (Lipinski definition) is 5. The van der Waals surface area contributed by atoms with Crippen LogP contribution in [0, 0.1) is 0 Å². The summed E-state index contributed by atoms with van der Waals surface area (Å²) in [7, 11) is 1.61. The fourth-order valence-corrected chi connectivity index (χ4v) is 3.38. The zero-order valence-electron chi connectivity index (χ0n) is 12.6. The zero-order chi connectivity index (χ0) is 16.7. The van der Waals surface area contributed by atoms with Crippen LogP contribution in [0.5, 0.6) is 5.75 Å². The Balaban J connectivity index is 2.27. The van der Waals surface area contributed by atoms with Gasteiger partial charge in [-0.05, 0) is 0 Å². The summed E-state index contributed by atoms with van der Waals surface area (Å²) < 4.78 is 10.9. The van der Waals surface area contributed by atoms with Crippen molar-refractivity contribution < 1.29 is 14.3 Å². The van der Waals surface area contributed by atoms with Crippen molar-refractivity contribution in [1.29, 1.82) is 0 Å². The summed E-state index contributed by atoms with van der Waals surface area (Å²) in [6.45, 7) is 1.89. The monoisotopic (exact) mass is 378 g/mol. The number of benzene rings is 1. The number of ether oxygens (including phenoxy) is 2. The second-order valence-corrected chi connectivity index (χ2v) is 6.05. The van der Waals surface area contributed by atoms with Crippen molar-refractivity contribution in [3.05, 3.63) is 51.0 Å². The minimum absolute atomic E-state index is 0.0382. The van der Waals surface area contributed by atoms with Crippen molar-refractivity contribution >= 4 is 26.5 Å². The van der Waals surface area contributed by atoms with E-state index in [1.165, 1.54) is 6.08 Å². The van der Waals surface area contributed by atoms with Crippen LogP contribution >= 0.6 is 0 Å². The number of aromatic nitrogens is 1. The second kappa shape index (κ2) is 8.19. The first-order chi connectivity index (χ1) is 11.2. The molecule has 2 aromatic rings.